The molecule has 12 nitrogen and oxygen atoms in total. The molecule has 4 heterocycles. The Hall–Kier alpha value is -3.86. The van der Waals surface area contributed by atoms with Gasteiger partial charge in [0.05, 0.1) is 12.8 Å². The fraction of sp³-hybridized carbons (Fsp3) is 0.462. The maximum atomic E-state index is 13.7. The Morgan fingerprint density at radius 2 is 1.98 bits per heavy atom. The number of carbonyl (C=O) groups is 2. The van der Waals surface area contributed by atoms with Crippen molar-refractivity contribution in [1.82, 2.24) is 14.9 Å². The first-order valence-corrected chi connectivity index (χ1v) is 15.5. The number of rotatable bonds is 10. The Morgan fingerprint density at radius 3 is 2.65 bits per heavy atom. The van der Waals surface area contributed by atoms with Crippen molar-refractivity contribution in [2.45, 2.75) is 51.1 Å². The number of benzene rings is 1. The van der Waals surface area contributed by atoms with Crippen molar-refractivity contribution >= 4 is 60.8 Å². The van der Waals surface area contributed by atoms with E-state index in [0.29, 0.717) is 10.5 Å². The highest BCUT2D eigenvalue weighted by atomic mass is 32.2. The standard InChI is InChI=1S/C26H29F3N6O6S2/c1-2-40-24(37)19(12-16-11-15-5-7-31-22(30)17(15)13-20(16)41-26(27,28)29)34-10-6-18(23(34)36)35(43(38)39)21-14-32-25(42-21)33-8-3-4-9-33/h5,7,11,13-14,18-19,43H,2-4,6,8-10,12H2,1H3,(H2,30,31)/t18-,19+/m0/s1. The van der Waals surface area contributed by atoms with Crippen LogP contribution < -0.4 is 19.7 Å². The minimum Gasteiger partial charge on any atom is -0.464 e. The van der Waals surface area contributed by atoms with Gasteiger partial charge in [0.25, 0.3) is 0 Å². The molecule has 2 aromatic heterocycles. The van der Waals surface area contributed by atoms with Gasteiger partial charge in [-0.25, -0.2) is 27.5 Å². The van der Waals surface area contributed by atoms with Crippen molar-refractivity contribution in [3.8, 4) is 5.75 Å². The molecule has 0 aliphatic carbocycles. The van der Waals surface area contributed by atoms with Gasteiger partial charge in [-0.3, -0.25) is 4.79 Å². The van der Waals surface area contributed by atoms with Gasteiger partial charge >= 0.3 is 12.3 Å². The molecule has 1 amide bonds. The van der Waals surface area contributed by atoms with E-state index in [9.17, 15) is 31.2 Å². The molecule has 2 saturated heterocycles. The van der Waals surface area contributed by atoms with Crippen LogP contribution in [0, 0.1) is 0 Å². The van der Waals surface area contributed by atoms with Gasteiger partial charge in [-0.1, -0.05) is 11.3 Å². The van der Waals surface area contributed by atoms with E-state index in [1.54, 1.807) is 6.92 Å². The summed E-state index contributed by atoms with van der Waals surface area (Å²) in [7, 11) is -3.27. The van der Waals surface area contributed by atoms with Gasteiger partial charge in [-0.05, 0) is 55.3 Å². The van der Waals surface area contributed by atoms with E-state index in [-0.39, 0.29) is 41.3 Å². The first-order valence-electron chi connectivity index (χ1n) is 13.5. The Kier molecular flexibility index (Phi) is 8.82. The predicted octanol–water partition coefficient (Wildman–Crippen LogP) is 2.88. The molecule has 2 aliphatic rings. The first-order chi connectivity index (χ1) is 20.5. The second kappa shape index (κ2) is 12.4. The number of hydrogen-bond acceptors (Lipinski definition) is 11. The largest absolute Gasteiger partial charge is 0.573 e. The average molecular weight is 643 g/mol. The summed E-state index contributed by atoms with van der Waals surface area (Å²) in [6, 6.07) is 1.48. The molecule has 2 aliphatic heterocycles. The van der Waals surface area contributed by atoms with E-state index in [0.717, 1.165) is 52.5 Å². The number of nitrogen functional groups attached to an aromatic ring is 1. The van der Waals surface area contributed by atoms with Gasteiger partial charge in [-0.15, -0.1) is 13.2 Å². The molecule has 0 bridgehead atoms. The van der Waals surface area contributed by atoms with Crippen molar-refractivity contribution in [3.05, 3.63) is 36.2 Å². The molecule has 1 aromatic carbocycles. The number of alkyl halides is 3. The first kappa shape index (κ1) is 30.6. The Balaban J connectivity index is 1.47. The van der Waals surface area contributed by atoms with E-state index in [1.807, 2.05) is 4.90 Å². The minimum atomic E-state index is -5.06. The van der Waals surface area contributed by atoms with Crippen molar-refractivity contribution in [3.63, 3.8) is 0 Å². The average Bonchev–Trinajstić information content (AvgIpc) is 3.70. The monoisotopic (exact) mass is 642 g/mol. The third-order valence-electron chi connectivity index (χ3n) is 7.32. The zero-order valence-corrected chi connectivity index (χ0v) is 24.7. The number of amides is 1. The SMILES string of the molecule is CCOC(=O)[C@@H](Cc1cc2ccnc(N)c2cc1OC(F)(F)F)N1CC[C@H](N(c2cnc(N3CCCC3)s2)[SH](=O)=O)C1=O. The normalized spacial score (nSPS) is 18.1. The van der Waals surface area contributed by atoms with Gasteiger partial charge in [0.2, 0.25) is 16.8 Å². The lowest BCUT2D eigenvalue weighted by Crippen LogP contribution is -2.48. The summed E-state index contributed by atoms with van der Waals surface area (Å²) in [4.78, 5) is 38.4. The number of halogens is 3. The molecule has 5 rings (SSSR count). The zero-order valence-electron chi connectivity index (χ0n) is 23.0. The molecule has 0 spiro atoms. The summed E-state index contributed by atoms with van der Waals surface area (Å²) in [5.41, 5.74) is 5.83. The third kappa shape index (κ3) is 6.56. The molecule has 0 saturated carbocycles. The van der Waals surface area contributed by atoms with Crippen LogP contribution in [-0.4, -0.2) is 79.8 Å². The van der Waals surface area contributed by atoms with E-state index in [1.165, 1.54) is 24.5 Å². The summed E-state index contributed by atoms with van der Waals surface area (Å²) in [6.45, 7) is 3.06. The van der Waals surface area contributed by atoms with E-state index in [2.05, 4.69) is 14.7 Å². The van der Waals surface area contributed by atoms with Crippen molar-refractivity contribution < 1.29 is 40.7 Å². The molecule has 2 fully saturated rings. The number of pyridine rings is 1. The summed E-state index contributed by atoms with van der Waals surface area (Å²) >= 11 is 1.15. The zero-order chi connectivity index (χ0) is 30.9. The van der Waals surface area contributed by atoms with E-state index in [4.69, 9.17) is 10.5 Å². The lowest BCUT2D eigenvalue weighted by Gasteiger charge is -2.28. The summed E-state index contributed by atoms with van der Waals surface area (Å²) < 4.78 is 75.5. The van der Waals surface area contributed by atoms with Crippen LogP contribution in [0.5, 0.6) is 5.75 Å². The van der Waals surface area contributed by atoms with Crippen molar-refractivity contribution in [2.24, 2.45) is 0 Å². The number of carbonyl (C=O) groups excluding carboxylic acids is 2. The second-order valence-electron chi connectivity index (χ2n) is 9.99. The maximum absolute atomic E-state index is 13.7. The molecule has 2 atom stereocenters. The molecule has 17 heteroatoms. The highest BCUT2D eigenvalue weighted by Crippen LogP contribution is 2.37. The Morgan fingerprint density at radius 1 is 1.23 bits per heavy atom. The molecular formula is C26H29F3N6O6S2. The Bertz CT molecular complexity index is 1590. The number of thiazole rings is 1. The number of ether oxygens (including phenoxy) is 2. The molecule has 2 N–H and O–H groups in total. The van der Waals surface area contributed by atoms with E-state index < -0.39 is 53.4 Å². The number of aromatic nitrogens is 2. The molecule has 3 aromatic rings. The molecular weight excluding hydrogens is 613 g/mol. The fourth-order valence-electron chi connectivity index (χ4n) is 5.41. The van der Waals surface area contributed by atoms with Crippen LogP contribution in [0.25, 0.3) is 10.8 Å². The predicted molar refractivity (Wildman–Crippen MR) is 153 cm³/mol. The lowest BCUT2D eigenvalue weighted by atomic mass is 10.00. The number of nitrogens with zero attached hydrogens (tertiary/aromatic N) is 5. The molecule has 0 radical (unpaired) electrons. The van der Waals surface area contributed by atoms with Crippen LogP contribution in [0.3, 0.4) is 0 Å². The number of esters is 1. The fourth-order valence-corrected chi connectivity index (χ4v) is 7.31. The number of thiol groups is 1. The van der Waals surface area contributed by atoms with Gasteiger partial charge < -0.3 is 25.0 Å². The quantitative estimate of drug-likeness (QED) is 0.250. The number of hydrogen-bond donors (Lipinski definition) is 2. The minimum absolute atomic E-state index is 0.0154. The number of likely N-dealkylation sites (tertiary alicyclic amines) is 1. The topological polar surface area (TPSA) is 148 Å². The second-order valence-corrected chi connectivity index (χ2v) is 11.9. The van der Waals surface area contributed by atoms with Crippen LogP contribution in [-0.2, 0) is 31.6 Å². The third-order valence-corrected chi connectivity index (χ3v) is 9.36. The summed E-state index contributed by atoms with van der Waals surface area (Å²) in [5, 5.41) is 1.56. The Labute approximate surface area is 250 Å². The van der Waals surface area contributed by atoms with E-state index >= 15 is 0 Å². The number of anilines is 3. The molecule has 43 heavy (non-hydrogen) atoms. The molecule has 232 valence electrons. The number of nitrogens with two attached hydrogens (primary N) is 1. The van der Waals surface area contributed by atoms with Crippen molar-refractivity contribution in [1.29, 1.82) is 0 Å². The lowest BCUT2D eigenvalue weighted by molar-refractivity contribution is -0.274. The maximum Gasteiger partial charge on any atom is 0.573 e. The highest BCUT2D eigenvalue weighted by molar-refractivity contribution is 7.74. The van der Waals surface area contributed by atoms with Gasteiger partial charge in [0.1, 0.15) is 28.7 Å². The van der Waals surface area contributed by atoms with Gasteiger partial charge in [-0.2, -0.15) is 0 Å². The van der Waals surface area contributed by atoms with Crippen LogP contribution in [0.1, 0.15) is 31.7 Å². The van der Waals surface area contributed by atoms with Gasteiger partial charge in [0.15, 0.2) is 5.13 Å². The van der Waals surface area contributed by atoms with Gasteiger partial charge in [0, 0.05) is 37.6 Å². The summed E-state index contributed by atoms with van der Waals surface area (Å²) in [6.07, 6.45) is -0.635. The van der Waals surface area contributed by atoms with Crippen LogP contribution in [0.4, 0.5) is 29.1 Å². The van der Waals surface area contributed by atoms with Crippen LogP contribution in [0.15, 0.2) is 30.6 Å². The number of fused-ring (bicyclic) bond motifs is 1. The van der Waals surface area contributed by atoms with Crippen molar-refractivity contribution in [2.75, 3.05) is 41.2 Å². The molecule has 0 unspecified atom stereocenters. The summed E-state index contributed by atoms with van der Waals surface area (Å²) in [5.74, 6) is -2.16. The smallest absolute Gasteiger partial charge is 0.464 e. The van der Waals surface area contributed by atoms with Crippen LogP contribution in [0.2, 0.25) is 0 Å². The van der Waals surface area contributed by atoms with Crippen LogP contribution >= 0.6 is 11.3 Å². The highest BCUT2D eigenvalue weighted by Gasteiger charge is 2.44.